The van der Waals surface area contributed by atoms with E-state index < -0.39 is 5.25 Å². The van der Waals surface area contributed by atoms with E-state index in [1.54, 1.807) is 6.92 Å². The molecule has 2 aromatic carbocycles. The number of hydrogen-bond donors (Lipinski definition) is 2. The molecule has 9 heteroatoms. The Morgan fingerprint density at radius 3 is 2.67 bits per heavy atom. The Bertz CT molecular complexity index is 1570. The number of nitrogens with one attached hydrogen (secondary N) is 2. The predicted molar refractivity (Wildman–Crippen MR) is 162 cm³/mol. The number of rotatable bonds is 10. The molecule has 0 aliphatic heterocycles. The predicted octanol–water partition coefficient (Wildman–Crippen LogP) is 6.23. The lowest BCUT2D eigenvalue weighted by Crippen LogP contribution is -2.27. The van der Waals surface area contributed by atoms with E-state index in [0.717, 1.165) is 51.1 Å². The van der Waals surface area contributed by atoms with E-state index in [0.29, 0.717) is 35.8 Å². The van der Waals surface area contributed by atoms with Gasteiger partial charge < -0.3 is 19.9 Å². The number of benzene rings is 2. The van der Waals surface area contributed by atoms with Gasteiger partial charge in [-0.25, -0.2) is 4.79 Å². The van der Waals surface area contributed by atoms with Gasteiger partial charge in [0.15, 0.2) is 0 Å². The third-order valence-electron chi connectivity index (χ3n) is 7.09. The van der Waals surface area contributed by atoms with Crippen molar-refractivity contribution in [3.63, 3.8) is 0 Å². The van der Waals surface area contributed by atoms with Gasteiger partial charge in [-0.1, -0.05) is 36.4 Å². The fourth-order valence-electron chi connectivity index (χ4n) is 5.07. The van der Waals surface area contributed by atoms with E-state index in [4.69, 9.17) is 4.74 Å². The van der Waals surface area contributed by atoms with Gasteiger partial charge in [0.1, 0.15) is 5.00 Å². The maximum absolute atomic E-state index is 13.3. The zero-order valence-corrected chi connectivity index (χ0v) is 24.5. The minimum absolute atomic E-state index is 0.0869. The van der Waals surface area contributed by atoms with Crippen LogP contribution in [0.25, 0.3) is 10.9 Å². The first-order valence-electron chi connectivity index (χ1n) is 13.6. The lowest BCUT2D eigenvalue weighted by atomic mass is 10.1. The average Bonchev–Trinajstić information content (AvgIpc) is 3.62. The standard InChI is InChI=1S/C31H33N3O4S2/c1-4-38-31(37)27-23-13-9-15-25(23)40-30(27)33-28(35)20(3)39-26-18-34(24-14-8-7-12-22(24)26)17-16-32-29(36)21-11-6-5-10-19(21)2/h5-8,10-12,14,18,20H,4,9,13,15-17H2,1-3H3,(H,32,36)(H,33,35)/t20-/m1/s1. The fraction of sp³-hybridized carbons (Fsp3) is 0.323. The second kappa shape index (κ2) is 12.3. The molecule has 1 aliphatic carbocycles. The first-order chi connectivity index (χ1) is 19.4. The van der Waals surface area contributed by atoms with Gasteiger partial charge in [0.25, 0.3) is 5.91 Å². The van der Waals surface area contributed by atoms with Crippen molar-refractivity contribution in [3.8, 4) is 0 Å². The van der Waals surface area contributed by atoms with Crippen LogP contribution in [-0.4, -0.2) is 40.8 Å². The molecule has 1 atom stereocenters. The lowest BCUT2D eigenvalue weighted by molar-refractivity contribution is -0.115. The normalized spacial score (nSPS) is 13.2. The Balaban J connectivity index is 1.28. The summed E-state index contributed by atoms with van der Waals surface area (Å²) in [7, 11) is 0. The topological polar surface area (TPSA) is 89.4 Å². The van der Waals surface area contributed by atoms with Crippen LogP contribution in [0.4, 0.5) is 5.00 Å². The molecule has 2 heterocycles. The summed E-state index contributed by atoms with van der Waals surface area (Å²) in [5, 5.41) is 7.29. The van der Waals surface area contributed by atoms with Gasteiger partial charge in [-0.3, -0.25) is 9.59 Å². The van der Waals surface area contributed by atoms with Crippen molar-refractivity contribution in [1.82, 2.24) is 9.88 Å². The summed E-state index contributed by atoms with van der Waals surface area (Å²) in [5.41, 5.74) is 4.21. The van der Waals surface area contributed by atoms with Crippen molar-refractivity contribution in [2.45, 2.75) is 56.7 Å². The fourth-order valence-corrected chi connectivity index (χ4v) is 7.39. The molecule has 0 saturated carbocycles. The molecule has 2 aromatic heterocycles. The van der Waals surface area contributed by atoms with Crippen molar-refractivity contribution in [1.29, 1.82) is 0 Å². The van der Waals surface area contributed by atoms with Gasteiger partial charge in [-0.05, 0) is 63.3 Å². The third kappa shape index (κ3) is 5.81. The van der Waals surface area contributed by atoms with E-state index in [9.17, 15) is 14.4 Å². The number of ether oxygens (including phenoxy) is 1. The van der Waals surface area contributed by atoms with Crippen LogP contribution in [0.15, 0.2) is 59.6 Å². The molecule has 0 unspecified atom stereocenters. The van der Waals surface area contributed by atoms with Crippen LogP contribution in [0.1, 0.15) is 57.0 Å². The highest BCUT2D eigenvalue weighted by atomic mass is 32.2. The number of thiophene rings is 1. The number of carbonyl (C=O) groups is 3. The van der Waals surface area contributed by atoms with E-state index in [-0.39, 0.29) is 17.8 Å². The van der Waals surface area contributed by atoms with Crippen LogP contribution in [0.5, 0.6) is 0 Å². The number of aryl methyl sites for hydroxylation is 2. The second-order valence-corrected chi connectivity index (χ2v) is 12.3. The number of hydrogen-bond acceptors (Lipinski definition) is 6. The number of esters is 1. The number of aromatic nitrogens is 1. The van der Waals surface area contributed by atoms with Crippen molar-refractivity contribution < 1.29 is 19.1 Å². The van der Waals surface area contributed by atoms with Gasteiger partial charge in [0, 0.05) is 45.5 Å². The zero-order valence-electron chi connectivity index (χ0n) is 22.9. The summed E-state index contributed by atoms with van der Waals surface area (Å²) in [5.74, 6) is -0.607. The number of anilines is 1. The summed E-state index contributed by atoms with van der Waals surface area (Å²) in [6.45, 7) is 6.96. The van der Waals surface area contributed by atoms with Gasteiger partial charge in [-0.15, -0.1) is 23.1 Å². The molecule has 0 spiro atoms. The van der Waals surface area contributed by atoms with Gasteiger partial charge in [0.05, 0.1) is 17.4 Å². The van der Waals surface area contributed by atoms with E-state index in [1.165, 1.54) is 23.1 Å². The Hall–Kier alpha value is -3.56. The van der Waals surface area contributed by atoms with Crippen LogP contribution < -0.4 is 10.6 Å². The third-order valence-corrected chi connectivity index (χ3v) is 9.44. The summed E-state index contributed by atoms with van der Waals surface area (Å²) < 4.78 is 7.42. The van der Waals surface area contributed by atoms with Crippen LogP contribution >= 0.6 is 23.1 Å². The summed E-state index contributed by atoms with van der Waals surface area (Å²) in [6.07, 6.45) is 4.83. The largest absolute Gasteiger partial charge is 0.462 e. The minimum atomic E-state index is -0.396. The lowest BCUT2D eigenvalue weighted by Gasteiger charge is -2.12. The van der Waals surface area contributed by atoms with E-state index in [2.05, 4.69) is 15.2 Å². The van der Waals surface area contributed by atoms with Crippen LogP contribution in [0.2, 0.25) is 0 Å². The highest BCUT2D eigenvalue weighted by Gasteiger charge is 2.29. The van der Waals surface area contributed by atoms with Crippen molar-refractivity contribution in [2.24, 2.45) is 0 Å². The van der Waals surface area contributed by atoms with Crippen molar-refractivity contribution in [3.05, 3.63) is 81.9 Å². The maximum Gasteiger partial charge on any atom is 0.341 e. The summed E-state index contributed by atoms with van der Waals surface area (Å²) in [6, 6.07) is 15.6. The molecular weight excluding hydrogens is 542 g/mol. The van der Waals surface area contributed by atoms with E-state index >= 15 is 0 Å². The number of thioether (sulfide) groups is 1. The molecule has 1 aliphatic rings. The minimum Gasteiger partial charge on any atom is -0.462 e. The summed E-state index contributed by atoms with van der Waals surface area (Å²) in [4.78, 5) is 40.8. The summed E-state index contributed by atoms with van der Waals surface area (Å²) >= 11 is 2.97. The molecule has 208 valence electrons. The van der Waals surface area contributed by atoms with Crippen molar-refractivity contribution in [2.75, 3.05) is 18.5 Å². The Kier molecular flexibility index (Phi) is 8.61. The number of para-hydroxylation sites is 1. The van der Waals surface area contributed by atoms with Gasteiger partial charge >= 0.3 is 5.97 Å². The number of carbonyl (C=O) groups excluding carboxylic acids is 3. The number of fused-ring (bicyclic) bond motifs is 2. The molecule has 0 bridgehead atoms. The molecule has 0 radical (unpaired) electrons. The van der Waals surface area contributed by atoms with Crippen LogP contribution in [-0.2, 0) is 28.9 Å². The molecule has 7 nitrogen and oxygen atoms in total. The SMILES string of the molecule is CCOC(=O)c1c(NC(=O)[C@@H](C)Sc2cn(CCNC(=O)c3ccccc3C)c3ccccc23)sc2c1CCC2. The average molecular weight is 576 g/mol. The zero-order chi connectivity index (χ0) is 28.2. The molecule has 5 rings (SSSR count). The van der Waals surface area contributed by atoms with E-state index in [1.807, 2.05) is 68.6 Å². The highest BCUT2D eigenvalue weighted by Crippen LogP contribution is 2.40. The second-order valence-electron chi connectivity index (χ2n) is 9.81. The Morgan fingerprint density at radius 2 is 1.88 bits per heavy atom. The molecule has 40 heavy (non-hydrogen) atoms. The molecular formula is C31H33N3O4S2. The molecule has 2 amide bonds. The Labute approximate surface area is 242 Å². The Morgan fingerprint density at radius 1 is 1.10 bits per heavy atom. The number of amides is 2. The van der Waals surface area contributed by atoms with Crippen LogP contribution in [0.3, 0.4) is 0 Å². The quantitative estimate of drug-likeness (QED) is 0.173. The van der Waals surface area contributed by atoms with Gasteiger partial charge in [-0.2, -0.15) is 0 Å². The highest BCUT2D eigenvalue weighted by molar-refractivity contribution is 8.00. The monoisotopic (exact) mass is 575 g/mol. The first-order valence-corrected chi connectivity index (χ1v) is 15.3. The van der Waals surface area contributed by atoms with Gasteiger partial charge in [0.2, 0.25) is 5.91 Å². The first kappa shape index (κ1) is 28.0. The number of nitrogens with zero attached hydrogens (tertiary/aromatic N) is 1. The molecule has 0 fully saturated rings. The molecule has 2 N–H and O–H groups in total. The maximum atomic E-state index is 13.3. The molecule has 4 aromatic rings. The smallest absolute Gasteiger partial charge is 0.341 e. The van der Waals surface area contributed by atoms with Crippen LogP contribution in [0, 0.1) is 6.92 Å². The molecule has 0 saturated heterocycles. The van der Waals surface area contributed by atoms with Crippen molar-refractivity contribution >= 4 is 56.8 Å².